The summed E-state index contributed by atoms with van der Waals surface area (Å²) in [4.78, 5) is 26.6. The molecule has 0 bridgehead atoms. The number of amides is 2. The molecule has 2 amide bonds. The fourth-order valence-electron chi connectivity index (χ4n) is 1.69. The van der Waals surface area contributed by atoms with Gasteiger partial charge in [-0.15, -0.1) is 0 Å². The van der Waals surface area contributed by atoms with Crippen molar-refractivity contribution in [2.24, 2.45) is 0 Å². The van der Waals surface area contributed by atoms with Crippen LogP contribution in [0.1, 0.15) is 17.3 Å². The number of carbonyl (C=O) groups is 2. The number of hydrogen-bond donors (Lipinski definition) is 1. The fraction of sp³-hybridized carbons (Fsp3) is 0.429. The van der Waals surface area contributed by atoms with Gasteiger partial charge in [-0.3, -0.25) is 9.59 Å². The van der Waals surface area contributed by atoms with E-state index in [9.17, 15) is 18.0 Å². The van der Waals surface area contributed by atoms with E-state index >= 15 is 0 Å². The summed E-state index contributed by atoms with van der Waals surface area (Å²) in [5.41, 5.74) is 0.324. The standard InChI is InChI=1S/C14H21N3O4S/c1-5-15-22(20,21)12-8-6-11(7-9-12)14(19)17(4)10-13(18)16(2)3/h6-9,15H,5,10H2,1-4H3. The van der Waals surface area contributed by atoms with Crippen molar-refractivity contribution in [2.45, 2.75) is 11.8 Å². The average Bonchev–Trinajstić information content (AvgIpc) is 2.46. The first-order chi connectivity index (χ1) is 10.2. The van der Waals surface area contributed by atoms with Crippen LogP contribution in [0.5, 0.6) is 0 Å². The van der Waals surface area contributed by atoms with E-state index in [1.165, 1.54) is 41.1 Å². The highest BCUT2D eigenvalue weighted by Crippen LogP contribution is 2.12. The van der Waals surface area contributed by atoms with Gasteiger partial charge in [-0.1, -0.05) is 6.92 Å². The molecule has 1 aromatic rings. The number of likely N-dealkylation sites (N-methyl/N-ethyl adjacent to an activating group) is 2. The first-order valence-electron chi connectivity index (χ1n) is 6.74. The molecule has 0 saturated carbocycles. The summed E-state index contributed by atoms with van der Waals surface area (Å²) < 4.78 is 26.0. The van der Waals surface area contributed by atoms with E-state index in [4.69, 9.17) is 0 Å². The van der Waals surface area contributed by atoms with Crippen molar-refractivity contribution in [3.63, 3.8) is 0 Å². The maximum absolute atomic E-state index is 12.2. The Morgan fingerprint density at radius 2 is 1.64 bits per heavy atom. The average molecular weight is 327 g/mol. The lowest BCUT2D eigenvalue weighted by molar-refractivity contribution is -0.129. The van der Waals surface area contributed by atoms with Gasteiger partial charge in [0.05, 0.1) is 11.4 Å². The van der Waals surface area contributed by atoms with Crippen LogP contribution in [0, 0.1) is 0 Å². The number of rotatable bonds is 6. The molecule has 0 unspecified atom stereocenters. The van der Waals surface area contributed by atoms with Gasteiger partial charge in [0.2, 0.25) is 15.9 Å². The van der Waals surface area contributed by atoms with Crippen LogP contribution in [0.4, 0.5) is 0 Å². The summed E-state index contributed by atoms with van der Waals surface area (Å²) >= 11 is 0. The molecular weight excluding hydrogens is 306 g/mol. The molecule has 1 rings (SSSR count). The second-order valence-corrected chi connectivity index (χ2v) is 6.74. The monoisotopic (exact) mass is 327 g/mol. The molecule has 0 saturated heterocycles. The van der Waals surface area contributed by atoms with Crippen molar-refractivity contribution in [1.29, 1.82) is 0 Å². The Hall–Kier alpha value is -1.93. The first kappa shape index (κ1) is 18.1. The number of hydrogen-bond acceptors (Lipinski definition) is 4. The molecule has 0 aromatic heterocycles. The minimum atomic E-state index is -3.54. The van der Waals surface area contributed by atoms with Gasteiger partial charge in [0.15, 0.2) is 0 Å². The number of sulfonamides is 1. The zero-order valence-corrected chi connectivity index (χ0v) is 14.0. The summed E-state index contributed by atoms with van der Waals surface area (Å²) in [5, 5.41) is 0. The highest BCUT2D eigenvalue weighted by atomic mass is 32.2. The molecule has 0 radical (unpaired) electrons. The quantitative estimate of drug-likeness (QED) is 0.805. The van der Waals surface area contributed by atoms with Crippen molar-refractivity contribution in [2.75, 3.05) is 34.2 Å². The molecule has 0 atom stereocenters. The number of benzene rings is 1. The molecule has 1 aromatic carbocycles. The summed E-state index contributed by atoms with van der Waals surface area (Å²) in [6, 6.07) is 5.60. The van der Waals surface area contributed by atoms with Crippen LogP contribution in [0.3, 0.4) is 0 Å². The first-order valence-corrected chi connectivity index (χ1v) is 8.22. The molecule has 0 heterocycles. The molecule has 0 aliphatic heterocycles. The van der Waals surface area contributed by atoms with E-state index in [-0.39, 0.29) is 23.3 Å². The van der Waals surface area contributed by atoms with Crippen molar-refractivity contribution in [1.82, 2.24) is 14.5 Å². The highest BCUT2D eigenvalue weighted by molar-refractivity contribution is 7.89. The third-order valence-corrected chi connectivity index (χ3v) is 4.53. The second-order valence-electron chi connectivity index (χ2n) is 4.98. The van der Waals surface area contributed by atoms with E-state index in [2.05, 4.69) is 4.72 Å². The normalized spacial score (nSPS) is 11.1. The third kappa shape index (κ3) is 4.54. The predicted octanol–water partition coefficient (Wildman–Crippen LogP) is 0.145. The summed E-state index contributed by atoms with van der Waals surface area (Å²) in [5.74, 6) is -0.537. The minimum Gasteiger partial charge on any atom is -0.347 e. The smallest absolute Gasteiger partial charge is 0.254 e. The van der Waals surface area contributed by atoms with Crippen molar-refractivity contribution in [3.05, 3.63) is 29.8 Å². The van der Waals surface area contributed by atoms with E-state index in [0.717, 1.165) is 0 Å². The molecule has 8 heteroatoms. The van der Waals surface area contributed by atoms with E-state index < -0.39 is 10.0 Å². The Balaban J connectivity index is 2.86. The molecule has 0 fully saturated rings. The Labute approximate surface area is 131 Å². The van der Waals surface area contributed by atoms with Gasteiger partial charge < -0.3 is 9.80 Å². The number of nitrogens with zero attached hydrogens (tertiary/aromatic N) is 2. The second kappa shape index (κ2) is 7.37. The van der Waals surface area contributed by atoms with Crippen LogP contribution in [-0.2, 0) is 14.8 Å². The van der Waals surface area contributed by atoms with Gasteiger partial charge >= 0.3 is 0 Å². The maximum Gasteiger partial charge on any atom is 0.254 e. The molecular formula is C14H21N3O4S. The van der Waals surface area contributed by atoms with Crippen LogP contribution in [0.25, 0.3) is 0 Å². The molecule has 22 heavy (non-hydrogen) atoms. The van der Waals surface area contributed by atoms with Gasteiger partial charge in [0, 0.05) is 33.3 Å². The van der Waals surface area contributed by atoms with Gasteiger partial charge in [0.25, 0.3) is 5.91 Å². The molecule has 122 valence electrons. The Morgan fingerprint density at radius 3 is 2.09 bits per heavy atom. The summed E-state index contributed by atoms with van der Waals surface area (Å²) in [6.07, 6.45) is 0. The van der Waals surface area contributed by atoms with Crippen molar-refractivity contribution in [3.8, 4) is 0 Å². The highest BCUT2D eigenvalue weighted by Gasteiger charge is 2.17. The SMILES string of the molecule is CCNS(=O)(=O)c1ccc(C(=O)N(C)CC(=O)N(C)C)cc1. The van der Waals surface area contributed by atoms with Gasteiger partial charge in [0.1, 0.15) is 0 Å². The zero-order valence-electron chi connectivity index (χ0n) is 13.2. The van der Waals surface area contributed by atoms with Crippen LogP contribution in [0.2, 0.25) is 0 Å². The molecule has 7 nitrogen and oxygen atoms in total. The van der Waals surface area contributed by atoms with Crippen LogP contribution >= 0.6 is 0 Å². The van der Waals surface area contributed by atoms with E-state index in [0.29, 0.717) is 12.1 Å². The zero-order chi connectivity index (χ0) is 16.9. The van der Waals surface area contributed by atoms with Crippen molar-refractivity contribution < 1.29 is 18.0 Å². The number of carbonyl (C=O) groups excluding carboxylic acids is 2. The molecule has 1 N–H and O–H groups in total. The Bertz CT molecular complexity index is 639. The Morgan fingerprint density at radius 1 is 1.09 bits per heavy atom. The van der Waals surface area contributed by atoms with Gasteiger partial charge in [-0.25, -0.2) is 13.1 Å². The maximum atomic E-state index is 12.2. The fourth-order valence-corrected chi connectivity index (χ4v) is 2.73. The lowest BCUT2D eigenvalue weighted by Gasteiger charge is -2.19. The number of nitrogens with one attached hydrogen (secondary N) is 1. The largest absolute Gasteiger partial charge is 0.347 e. The minimum absolute atomic E-state index is 0.0384. The van der Waals surface area contributed by atoms with Crippen LogP contribution in [-0.4, -0.2) is 64.3 Å². The van der Waals surface area contributed by atoms with E-state index in [1.807, 2.05) is 0 Å². The molecule has 0 spiro atoms. The lowest BCUT2D eigenvalue weighted by Crippen LogP contribution is -2.37. The topological polar surface area (TPSA) is 86.8 Å². The Kier molecular flexibility index (Phi) is 6.07. The van der Waals surface area contributed by atoms with Crippen LogP contribution < -0.4 is 4.72 Å². The van der Waals surface area contributed by atoms with Crippen LogP contribution in [0.15, 0.2) is 29.2 Å². The van der Waals surface area contributed by atoms with Gasteiger partial charge in [-0.05, 0) is 24.3 Å². The van der Waals surface area contributed by atoms with E-state index in [1.54, 1.807) is 21.0 Å². The summed E-state index contributed by atoms with van der Waals surface area (Å²) in [6.45, 7) is 1.94. The van der Waals surface area contributed by atoms with Crippen molar-refractivity contribution >= 4 is 21.8 Å². The van der Waals surface area contributed by atoms with Gasteiger partial charge in [-0.2, -0.15) is 0 Å². The molecule has 0 aliphatic carbocycles. The molecule has 0 aliphatic rings. The predicted molar refractivity (Wildman–Crippen MR) is 83.0 cm³/mol. The lowest BCUT2D eigenvalue weighted by atomic mass is 10.2. The summed E-state index contributed by atoms with van der Waals surface area (Å²) in [7, 11) is 1.21. The third-order valence-electron chi connectivity index (χ3n) is 2.96.